The van der Waals surface area contributed by atoms with Crippen LogP contribution in [0.15, 0.2) is 60.7 Å². The number of anilines is 1. The largest absolute Gasteiger partial charge is 0.489 e. The van der Waals surface area contributed by atoms with Crippen molar-refractivity contribution in [3.8, 4) is 5.75 Å². The van der Waals surface area contributed by atoms with Crippen molar-refractivity contribution in [1.29, 1.82) is 0 Å². The van der Waals surface area contributed by atoms with Gasteiger partial charge in [0.05, 0.1) is 5.56 Å². The molecule has 0 saturated carbocycles. The maximum Gasteiger partial charge on any atom is 0.258 e. The molecule has 0 bridgehead atoms. The molecule has 1 amide bonds. The molecule has 26 heavy (non-hydrogen) atoms. The zero-order valence-corrected chi connectivity index (χ0v) is 15.7. The van der Waals surface area contributed by atoms with Crippen molar-refractivity contribution in [1.82, 2.24) is 4.90 Å². The smallest absolute Gasteiger partial charge is 0.258 e. The van der Waals surface area contributed by atoms with Crippen LogP contribution in [0.5, 0.6) is 5.75 Å². The topological polar surface area (TPSA) is 41.6 Å². The molecule has 4 heteroatoms. The van der Waals surface area contributed by atoms with E-state index in [1.807, 2.05) is 60.4 Å². The highest BCUT2D eigenvalue weighted by Crippen LogP contribution is 2.38. The van der Waals surface area contributed by atoms with Crippen molar-refractivity contribution in [2.75, 3.05) is 18.5 Å². The van der Waals surface area contributed by atoms with Crippen LogP contribution in [0.3, 0.4) is 0 Å². The summed E-state index contributed by atoms with van der Waals surface area (Å²) < 4.78 is 5.69. The molecule has 2 aromatic carbocycles. The number of para-hydroxylation sites is 1. The predicted molar refractivity (Wildman–Crippen MR) is 105 cm³/mol. The molecular weight excluding hydrogens is 324 g/mol. The highest BCUT2D eigenvalue weighted by molar-refractivity contribution is 6.02. The van der Waals surface area contributed by atoms with Gasteiger partial charge in [-0.05, 0) is 55.7 Å². The van der Waals surface area contributed by atoms with Gasteiger partial charge in [0.25, 0.3) is 5.91 Å². The highest BCUT2D eigenvalue weighted by atomic mass is 16.5. The number of nitrogens with zero attached hydrogens (tertiary/aromatic N) is 1. The number of benzene rings is 2. The van der Waals surface area contributed by atoms with Crippen LogP contribution in [0.25, 0.3) is 0 Å². The van der Waals surface area contributed by atoms with Crippen LogP contribution < -0.4 is 10.1 Å². The van der Waals surface area contributed by atoms with Crippen molar-refractivity contribution in [3.63, 3.8) is 0 Å². The van der Waals surface area contributed by atoms with Gasteiger partial charge in [-0.1, -0.05) is 37.8 Å². The second-order valence-electron chi connectivity index (χ2n) is 6.97. The second-order valence-corrected chi connectivity index (χ2v) is 6.97. The van der Waals surface area contributed by atoms with Gasteiger partial charge in [-0.25, -0.2) is 0 Å². The van der Waals surface area contributed by atoms with Gasteiger partial charge in [0.15, 0.2) is 0 Å². The van der Waals surface area contributed by atoms with Crippen molar-refractivity contribution in [3.05, 3.63) is 71.8 Å². The normalized spacial score (nSPS) is 18.9. The van der Waals surface area contributed by atoms with Gasteiger partial charge in [-0.2, -0.15) is 0 Å². The lowest BCUT2D eigenvalue weighted by Gasteiger charge is -2.46. The highest BCUT2D eigenvalue weighted by Gasteiger charge is 2.41. The molecule has 1 aliphatic heterocycles. The van der Waals surface area contributed by atoms with Gasteiger partial charge in [0.2, 0.25) is 0 Å². The number of rotatable bonds is 6. The number of carbonyl (C=O) groups is 1. The van der Waals surface area contributed by atoms with E-state index in [4.69, 9.17) is 4.74 Å². The fourth-order valence-corrected chi connectivity index (χ4v) is 3.32. The fraction of sp³-hybridized carbons (Fsp3) is 0.318. The second kappa shape index (κ2) is 7.24. The monoisotopic (exact) mass is 350 g/mol. The van der Waals surface area contributed by atoms with Crippen LogP contribution in [0.2, 0.25) is 0 Å². The van der Waals surface area contributed by atoms with Crippen LogP contribution in [0.4, 0.5) is 5.69 Å². The van der Waals surface area contributed by atoms with Crippen molar-refractivity contribution >= 4 is 11.6 Å². The summed E-state index contributed by atoms with van der Waals surface area (Å²) in [6, 6.07) is 15.6. The van der Waals surface area contributed by atoms with E-state index >= 15 is 0 Å². The Hall–Kier alpha value is -2.75. The van der Waals surface area contributed by atoms with Gasteiger partial charge in [-0.3, -0.25) is 4.79 Å². The summed E-state index contributed by atoms with van der Waals surface area (Å²) in [5.74, 6) is 0.858. The Bertz CT molecular complexity index is 813. The Kier molecular flexibility index (Phi) is 5.03. The Morgan fingerprint density at radius 2 is 1.88 bits per heavy atom. The number of ether oxygens (including phenoxy) is 1. The van der Waals surface area contributed by atoms with E-state index in [2.05, 4.69) is 25.7 Å². The van der Waals surface area contributed by atoms with E-state index in [9.17, 15) is 4.79 Å². The van der Waals surface area contributed by atoms with E-state index in [0.717, 1.165) is 34.6 Å². The lowest BCUT2D eigenvalue weighted by molar-refractivity contribution is 0.0535. The van der Waals surface area contributed by atoms with Crippen molar-refractivity contribution in [2.45, 2.75) is 32.9 Å². The first-order chi connectivity index (χ1) is 12.5. The third-order valence-corrected chi connectivity index (χ3v) is 4.67. The van der Waals surface area contributed by atoms with Gasteiger partial charge < -0.3 is 15.0 Å². The lowest BCUT2D eigenvalue weighted by atomic mass is 9.93. The molecule has 0 radical (unpaired) electrons. The Balaban J connectivity index is 1.95. The molecule has 1 N–H and O–H groups in total. The number of hydrogen-bond donors (Lipinski definition) is 1. The predicted octanol–water partition coefficient (Wildman–Crippen LogP) is 4.79. The maximum absolute atomic E-state index is 13.1. The van der Waals surface area contributed by atoms with Gasteiger partial charge in [0, 0.05) is 12.2 Å². The first kappa shape index (κ1) is 18.1. The van der Waals surface area contributed by atoms with Crippen LogP contribution >= 0.6 is 0 Å². The van der Waals surface area contributed by atoms with Crippen molar-refractivity contribution < 1.29 is 9.53 Å². The molecule has 0 saturated heterocycles. The van der Waals surface area contributed by atoms with E-state index in [1.165, 1.54) is 0 Å². The summed E-state index contributed by atoms with van der Waals surface area (Å²) in [6.45, 7) is 11.1. The van der Waals surface area contributed by atoms with Crippen LogP contribution in [0, 0.1) is 0 Å². The summed E-state index contributed by atoms with van der Waals surface area (Å²) >= 11 is 0. The van der Waals surface area contributed by atoms with Crippen LogP contribution in [-0.2, 0) is 5.66 Å². The zero-order valence-electron chi connectivity index (χ0n) is 15.7. The SMILES string of the molecule is C=C(C)COc1ccc(C2(C)Nc3ccccc3C(=O)N2CCC)cc1. The summed E-state index contributed by atoms with van der Waals surface area (Å²) in [6.07, 6.45) is 0.894. The first-order valence-electron chi connectivity index (χ1n) is 9.02. The minimum Gasteiger partial charge on any atom is -0.489 e. The molecular formula is C22H26N2O2. The number of amides is 1. The van der Waals surface area contributed by atoms with E-state index in [0.29, 0.717) is 13.2 Å². The average molecular weight is 350 g/mol. The zero-order chi connectivity index (χ0) is 18.7. The van der Waals surface area contributed by atoms with E-state index in [1.54, 1.807) is 0 Å². The fourth-order valence-electron chi connectivity index (χ4n) is 3.32. The van der Waals surface area contributed by atoms with E-state index < -0.39 is 5.66 Å². The Morgan fingerprint density at radius 3 is 2.54 bits per heavy atom. The Labute approximate surface area is 155 Å². The summed E-state index contributed by atoms with van der Waals surface area (Å²) in [5.41, 5.74) is 2.99. The van der Waals surface area contributed by atoms with Crippen molar-refractivity contribution in [2.24, 2.45) is 0 Å². The van der Waals surface area contributed by atoms with Gasteiger partial charge >= 0.3 is 0 Å². The third-order valence-electron chi connectivity index (χ3n) is 4.67. The molecule has 2 aromatic rings. The maximum atomic E-state index is 13.1. The molecule has 0 aliphatic carbocycles. The quantitative estimate of drug-likeness (QED) is 0.762. The molecule has 0 fully saturated rings. The molecule has 1 heterocycles. The average Bonchev–Trinajstić information content (AvgIpc) is 2.64. The molecule has 0 spiro atoms. The van der Waals surface area contributed by atoms with Gasteiger partial charge in [-0.15, -0.1) is 0 Å². The first-order valence-corrected chi connectivity index (χ1v) is 9.02. The molecule has 3 rings (SSSR count). The minimum absolute atomic E-state index is 0.0614. The third kappa shape index (κ3) is 3.32. The molecule has 1 unspecified atom stereocenters. The molecule has 136 valence electrons. The summed E-state index contributed by atoms with van der Waals surface area (Å²) in [4.78, 5) is 15.0. The summed E-state index contributed by atoms with van der Waals surface area (Å²) in [7, 11) is 0. The lowest BCUT2D eigenvalue weighted by Crippen LogP contribution is -2.56. The molecule has 1 atom stereocenters. The number of hydrogen-bond acceptors (Lipinski definition) is 3. The molecule has 4 nitrogen and oxygen atoms in total. The number of fused-ring (bicyclic) bond motifs is 1. The summed E-state index contributed by atoms with van der Waals surface area (Å²) in [5, 5.41) is 3.57. The molecule has 1 aliphatic rings. The number of carbonyl (C=O) groups excluding carboxylic acids is 1. The minimum atomic E-state index is -0.603. The van der Waals surface area contributed by atoms with Crippen LogP contribution in [-0.4, -0.2) is 24.0 Å². The number of nitrogens with one attached hydrogen (secondary N) is 1. The van der Waals surface area contributed by atoms with Crippen LogP contribution in [0.1, 0.15) is 43.1 Å². The Morgan fingerprint density at radius 1 is 1.19 bits per heavy atom. The van der Waals surface area contributed by atoms with E-state index in [-0.39, 0.29) is 5.91 Å². The van der Waals surface area contributed by atoms with Gasteiger partial charge in [0.1, 0.15) is 18.0 Å². The molecule has 0 aromatic heterocycles. The standard InChI is InChI=1S/C22H26N2O2/c1-5-14-24-21(25)19-8-6-7-9-20(19)23-22(24,4)17-10-12-18(13-11-17)26-15-16(2)3/h6-13,23H,2,5,14-15H2,1,3-4H3.